The number of carbonyl (C=O) groups is 4. The van der Waals surface area contributed by atoms with Crippen LogP contribution in [0.15, 0.2) is 60.7 Å². The molecular weight excluding hydrogens is 800 g/mol. The lowest BCUT2D eigenvalue weighted by Crippen LogP contribution is -2.26. The number of rotatable bonds is 9. The molecule has 0 aliphatic carbocycles. The van der Waals surface area contributed by atoms with E-state index in [-0.39, 0.29) is 75.5 Å². The Morgan fingerprint density at radius 1 is 0.745 bits per heavy atom. The van der Waals surface area contributed by atoms with E-state index in [9.17, 15) is 29.4 Å². The number of ether oxygens (including phenoxy) is 1. The molecule has 0 amide bonds. The summed E-state index contributed by atoms with van der Waals surface area (Å²) >= 11 is 24.4. The van der Waals surface area contributed by atoms with Crippen LogP contribution in [-0.2, 0) is 16.0 Å². The van der Waals surface area contributed by atoms with Crippen molar-refractivity contribution in [2.75, 3.05) is 0 Å². The summed E-state index contributed by atoms with van der Waals surface area (Å²) in [6.45, 7) is 6.43. The Balaban J connectivity index is 1.50. The molecule has 2 aromatic heterocycles. The lowest BCUT2D eigenvalue weighted by molar-refractivity contribution is -0.138. The van der Waals surface area contributed by atoms with Gasteiger partial charge in [0.25, 0.3) is 11.8 Å². The number of carbonyl (C=O) groups excluding carboxylic acids is 3. The van der Waals surface area contributed by atoms with Crippen molar-refractivity contribution in [2.45, 2.75) is 46.5 Å². The number of aliphatic carboxylic acids is 1. The maximum Gasteiger partial charge on any atom is 0.319 e. The molecule has 2 N–H and O–H groups in total. The molecule has 284 valence electrons. The Morgan fingerprint density at radius 3 is 1.80 bits per heavy atom. The first-order chi connectivity index (χ1) is 26.0. The summed E-state index contributed by atoms with van der Waals surface area (Å²) in [7, 11) is 0. The highest BCUT2D eigenvalue weighted by Gasteiger charge is 2.37. The molecule has 0 spiro atoms. The van der Waals surface area contributed by atoms with Crippen LogP contribution in [0.4, 0.5) is 8.78 Å². The number of fused-ring (bicyclic) bond motifs is 2. The molecule has 0 aliphatic rings. The van der Waals surface area contributed by atoms with Crippen LogP contribution in [-0.4, -0.2) is 43.1 Å². The Morgan fingerprint density at radius 2 is 1.27 bits per heavy atom. The molecule has 0 radical (unpaired) electrons. The molecule has 0 fully saturated rings. The molecule has 0 saturated heterocycles. The van der Waals surface area contributed by atoms with E-state index in [1.54, 1.807) is 13.8 Å². The van der Waals surface area contributed by atoms with Crippen molar-refractivity contribution in [3.8, 4) is 11.5 Å². The molecule has 6 aromatic rings. The second kappa shape index (κ2) is 15.3. The van der Waals surface area contributed by atoms with Gasteiger partial charge in [-0.2, -0.15) is 0 Å². The minimum absolute atomic E-state index is 0.00197. The number of halogens is 6. The van der Waals surface area contributed by atoms with Crippen molar-refractivity contribution in [2.24, 2.45) is 5.92 Å². The van der Waals surface area contributed by atoms with Crippen LogP contribution in [0, 0.1) is 31.4 Å². The molecule has 6 rings (SSSR count). The van der Waals surface area contributed by atoms with Gasteiger partial charge in [-0.1, -0.05) is 66.7 Å². The predicted octanol–water partition coefficient (Wildman–Crippen LogP) is 10.5. The topological polar surface area (TPSA) is 128 Å². The Kier molecular flexibility index (Phi) is 11.1. The van der Waals surface area contributed by atoms with E-state index < -0.39 is 65.1 Å². The van der Waals surface area contributed by atoms with Crippen LogP contribution in [0.1, 0.15) is 69.4 Å². The summed E-state index contributed by atoms with van der Waals surface area (Å²) in [5.74, 6) is -9.06. The fourth-order valence-corrected chi connectivity index (χ4v) is 7.50. The van der Waals surface area contributed by atoms with Crippen molar-refractivity contribution in [3.63, 3.8) is 0 Å². The number of carboxylic acid groups (broad SMARTS) is 1. The smallest absolute Gasteiger partial charge is 0.319 e. The van der Waals surface area contributed by atoms with Crippen LogP contribution in [0.5, 0.6) is 11.5 Å². The summed E-state index contributed by atoms with van der Waals surface area (Å²) in [5, 5.41) is 20.3. The van der Waals surface area contributed by atoms with E-state index >= 15 is 8.78 Å². The quantitative estimate of drug-likeness (QED) is 0.110. The largest absolute Gasteiger partial charge is 0.505 e. The van der Waals surface area contributed by atoms with Gasteiger partial charge in [-0.25, -0.2) is 8.78 Å². The molecule has 9 nitrogen and oxygen atoms in total. The summed E-state index contributed by atoms with van der Waals surface area (Å²) < 4.78 is 40.7. The third-order valence-electron chi connectivity index (χ3n) is 9.79. The van der Waals surface area contributed by atoms with Gasteiger partial charge in [0.1, 0.15) is 0 Å². The molecule has 15 heteroatoms. The fraction of sp³-hybridized carbons (Fsp3) is 0.200. The highest BCUT2D eigenvalue weighted by molar-refractivity contribution is 6.42. The highest BCUT2D eigenvalue weighted by Crippen LogP contribution is 2.42. The van der Waals surface area contributed by atoms with Gasteiger partial charge in [0.15, 0.2) is 23.1 Å². The molecule has 0 bridgehead atoms. The normalized spacial score (nSPS) is 12.6. The molecular formula is C40H30Cl4F2N2O7. The number of phenols is 1. The number of phenolic OH excluding ortho intramolecular Hbond substituents is 1. The summed E-state index contributed by atoms with van der Waals surface area (Å²) in [6, 6.07) is 13.2. The second-order valence-electron chi connectivity index (χ2n) is 13.0. The van der Waals surface area contributed by atoms with Crippen molar-refractivity contribution in [1.29, 1.82) is 0 Å². The fourth-order valence-electron chi connectivity index (χ4n) is 6.91. The first-order valence-corrected chi connectivity index (χ1v) is 18.3. The number of hydrogen-bond donors (Lipinski definition) is 2. The SMILES string of the molecule is CCC(C)C(C(=O)Oc1ccc2c(c1F)c(CC(=O)O)c(C)n2C(=O)c1ccc(Cl)c(Cl)c1)c1c(C)n(C(=O)c2ccc(Cl)c(Cl)c2)c2ccc(O)c(F)c12. The van der Waals surface area contributed by atoms with Crippen LogP contribution in [0.25, 0.3) is 21.8 Å². The Labute approximate surface area is 332 Å². The number of carboxylic acids is 1. The first kappa shape index (κ1) is 39.7. The van der Waals surface area contributed by atoms with Crippen molar-refractivity contribution >= 4 is 92.0 Å². The van der Waals surface area contributed by atoms with Crippen LogP contribution in [0.2, 0.25) is 20.1 Å². The maximum absolute atomic E-state index is 16.7. The average Bonchev–Trinajstić information content (AvgIpc) is 3.59. The highest BCUT2D eigenvalue weighted by atomic mass is 35.5. The lowest BCUT2D eigenvalue weighted by atomic mass is 9.84. The average molecular weight is 830 g/mol. The molecule has 2 atom stereocenters. The van der Waals surface area contributed by atoms with Crippen LogP contribution < -0.4 is 4.74 Å². The minimum Gasteiger partial charge on any atom is -0.505 e. The standard InChI is InChI=1S/C40H30Cl4F2N2O7/c1-5-17(2)32(33-19(4)48(28-10-12-29(49)36(45)35(28)33)39(53)21-7-9-24(42)26(44)15-21)40(54)55-30-13-11-27-34(37(30)46)22(16-31(50)51)18(3)47(27)38(52)20-6-8-23(41)25(43)14-20/h6-15,17,32,49H,5,16H2,1-4H3,(H,50,51). The number of hydrogen-bond acceptors (Lipinski definition) is 6. The number of esters is 1. The third-order valence-corrected chi connectivity index (χ3v) is 11.3. The van der Waals surface area contributed by atoms with Crippen LogP contribution >= 0.6 is 46.4 Å². The third kappa shape index (κ3) is 6.95. The van der Waals surface area contributed by atoms with Crippen LogP contribution in [0.3, 0.4) is 0 Å². The zero-order valence-electron chi connectivity index (χ0n) is 29.4. The monoisotopic (exact) mass is 828 g/mol. The molecule has 0 aliphatic heterocycles. The zero-order chi connectivity index (χ0) is 40.2. The van der Waals surface area contributed by atoms with E-state index in [4.69, 9.17) is 51.1 Å². The summed E-state index contributed by atoms with van der Waals surface area (Å²) in [4.78, 5) is 54.0. The molecule has 0 saturated carbocycles. The summed E-state index contributed by atoms with van der Waals surface area (Å²) in [5.41, 5.74) is 0.482. The summed E-state index contributed by atoms with van der Waals surface area (Å²) in [6.07, 6.45) is -0.335. The van der Waals surface area contributed by atoms with E-state index in [1.807, 2.05) is 0 Å². The van der Waals surface area contributed by atoms with Crippen molar-refractivity contribution in [3.05, 3.63) is 126 Å². The lowest BCUT2D eigenvalue weighted by Gasteiger charge is -2.23. The van der Waals surface area contributed by atoms with E-state index in [0.29, 0.717) is 6.42 Å². The van der Waals surface area contributed by atoms with E-state index in [2.05, 4.69) is 0 Å². The number of benzene rings is 4. The molecule has 55 heavy (non-hydrogen) atoms. The molecule has 2 heterocycles. The van der Waals surface area contributed by atoms with Crippen molar-refractivity contribution in [1.82, 2.24) is 9.13 Å². The number of nitrogens with zero attached hydrogens (tertiary/aromatic N) is 2. The molecule has 2 unspecified atom stereocenters. The van der Waals surface area contributed by atoms with Crippen molar-refractivity contribution < 1.29 is 42.9 Å². The number of aromatic hydroxyl groups is 1. The van der Waals surface area contributed by atoms with E-state index in [0.717, 1.165) is 16.7 Å². The second-order valence-corrected chi connectivity index (χ2v) is 14.7. The van der Waals surface area contributed by atoms with Gasteiger partial charge in [0, 0.05) is 33.3 Å². The van der Waals surface area contributed by atoms with E-state index in [1.165, 1.54) is 66.9 Å². The first-order valence-electron chi connectivity index (χ1n) is 16.8. The van der Waals surface area contributed by atoms with Gasteiger partial charge in [-0.15, -0.1) is 0 Å². The van der Waals surface area contributed by atoms with Gasteiger partial charge in [-0.3, -0.25) is 28.3 Å². The predicted molar refractivity (Wildman–Crippen MR) is 206 cm³/mol. The minimum atomic E-state index is -1.32. The van der Waals surface area contributed by atoms with Gasteiger partial charge < -0.3 is 14.9 Å². The maximum atomic E-state index is 16.7. The van der Waals surface area contributed by atoms with Gasteiger partial charge in [-0.05, 0) is 91.6 Å². The number of aromatic nitrogens is 2. The van der Waals surface area contributed by atoms with Gasteiger partial charge >= 0.3 is 11.9 Å². The Bertz CT molecular complexity index is 2620. The van der Waals surface area contributed by atoms with Gasteiger partial charge in [0.2, 0.25) is 0 Å². The Hall–Kier alpha value is -4.94. The zero-order valence-corrected chi connectivity index (χ0v) is 32.5. The van der Waals surface area contributed by atoms with Gasteiger partial charge in [0.05, 0.1) is 43.5 Å². The molecule has 4 aromatic carbocycles.